The highest BCUT2D eigenvalue weighted by Gasteiger charge is 2.24. The summed E-state index contributed by atoms with van der Waals surface area (Å²) in [6, 6.07) is 21.9. The Bertz CT molecular complexity index is 1190. The zero-order valence-electron chi connectivity index (χ0n) is 15.7. The summed E-state index contributed by atoms with van der Waals surface area (Å²) >= 11 is 0. The van der Waals surface area contributed by atoms with Gasteiger partial charge < -0.3 is 9.73 Å². The van der Waals surface area contributed by atoms with Crippen molar-refractivity contribution in [3.8, 4) is 0 Å². The van der Waals surface area contributed by atoms with Gasteiger partial charge in [-0.3, -0.25) is 9.59 Å². The molecule has 1 amide bonds. The van der Waals surface area contributed by atoms with Crippen LogP contribution in [-0.4, -0.2) is 11.7 Å². The zero-order chi connectivity index (χ0) is 19.7. The number of carbonyl (C=O) groups is 2. The summed E-state index contributed by atoms with van der Waals surface area (Å²) in [5.74, 6) is -0.411. The minimum Gasteiger partial charge on any atom is -0.450 e. The van der Waals surface area contributed by atoms with Crippen LogP contribution in [0.4, 0.5) is 5.69 Å². The Hall–Kier alpha value is -3.66. The number of aryl methyl sites for hydroxylation is 2. The largest absolute Gasteiger partial charge is 0.450 e. The number of carbonyl (C=O) groups excluding carboxylic acids is 2. The average molecular weight is 369 g/mol. The van der Waals surface area contributed by atoms with Crippen molar-refractivity contribution in [1.82, 2.24) is 0 Å². The van der Waals surface area contributed by atoms with E-state index in [2.05, 4.69) is 5.32 Å². The Labute approximate surface area is 162 Å². The highest BCUT2D eigenvalue weighted by molar-refractivity contribution is 6.19. The van der Waals surface area contributed by atoms with E-state index in [1.54, 1.807) is 24.3 Å². The second kappa shape index (κ2) is 7.16. The molecule has 4 aromatic rings. The average Bonchev–Trinajstić information content (AvgIpc) is 3.07. The number of hydrogen-bond acceptors (Lipinski definition) is 3. The number of nitrogens with one attached hydrogen (secondary N) is 1. The van der Waals surface area contributed by atoms with Gasteiger partial charge in [-0.25, -0.2) is 0 Å². The van der Waals surface area contributed by atoms with Crippen LogP contribution in [0.25, 0.3) is 11.0 Å². The molecule has 0 saturated heterocycles. The molecule has 4 heteroatoms. The van der Waals surface area contributed by atoms with Gasteiger partial charge in [-0.1, -0.05) is 60.2 Å². The standard InChI is InChI=1S/C24H19NO3/c1-15-11-13-17(14-12-15)22(26)23-21(19-9-5-6-10-20(19)28-23)25-24(27)18-8-4-3-7-16(18)2/h3-14H,1-2H3,(H,25,27). The summed E-state index contributed by atoms with van der Waals surface area (Å²) in [6.07, 6.45) is 0. The van der Waals surface area contributed by atoms with E-state index in [1.807, 2.05) is 62.4 Å². The Kier molecular flexibility index (Phi) is 4.53. The summed E-state index contributed by atoms with van der Waals surface area (Å²) < 4.78 is 5.85. The number of ketones is 1. The van der Waals surface area contributed by atoms with Crippen LogP contribution in [0.15, 0.2) is 77.2 Å². The predicted molar refractivity (Wildman–Crippen MR) is 110 cm³/mol. The van der Waals surface area contributed by atoms with Crippen molar-refractivity contribution in [3.63, 3.8) is 0 Å². The minimum absolute atomic E-state index is 0.131. The number of hydrogen-bond donors (Lipinski definition) is 1. The molecular weight excluding hydrogens is 350 g/mol. The molecule has 3 aromatic carbocycles. The Morgan fingerprint density at radius 1 is 0.821 bits per heavy atom. The highest BCUT2D eigenvalue weighted by atomic mass is 16.3. The number of benzene rings is 3. The van der Waals surface area contributed by atoms with E-state index < -0.39 is 0 Å². The molecule has 0 unspecified atom stereocenters. The normalized spacial score (nSPS) is 10.8. The summed E-state index contributed by atoms with van der Waals surface area (Å²) in [7, 11) is 0. The number of furan rings is 1. The third-order valence-electron chi connectivity index (χ3n) is 4.74. The summed E-state index contributed by atoms with van der Waals surface area (Å²) in [5.41, 5.74) is 3.94. The Balaban J connectivity index is 1.79. The van der Waals surface area contributed by atoms with Gasteiger partial charge in [-0.2, -0.15) is 0 Å². The van der Waals surface area contributed by atoms with Gasteiger partial charge >= 0.3 is 0 Å². The molecule has 4 nitrogen and oxygen atoms in total. The maximum absolute atomic E-state index is 13.1. The lowest BCUT2D eigenvalue weighted by atomic mass is 10.0. The van der Waals surface area contributed by atoms with Gasteiger partial charge in [0.2, 0.25) is 5.78 Å². The fourth-order valence-corrected chi connectivity index (χ4v) is 3.17. The van der Waals surface area contributed by atoms with Crippen molar-refractivity contribution in [2.45, 2.75) is 13.8 Å². The van der Waals surface area contributed by atoms with Gasteiger partial charge in [0, 0.05) is 16.5 Å². The van der Waals surface area contributed by atoms with Crippen LogP contribution in [0.3, 0.4) is 0 Å². The number of rotatable bonds is 4. The molecule has 1 heterocycles. The van der Waals surface area contributed by atoms with Gasteiger partial charge in [0.05, 0.1) is 5.69 Å². The van der Waals surface area contributed by atoms with Gasteiger partial charge in [0.25, 0.3) is 5.91 Å². The first kappa shape index (κ1) is 17.7. The molecule has 0 atom stereocenters. The topological polar surface area (TPSA) is 59.3 Å². The molecule has 1 aromatic heterocycles. The van der Waals surface area contributed by atoms with Crippen LogP contribution in [-0.2, 0) is 0 Å². The molecule has 28 heavy (non-hydrogen) atoms. The van der Waals surface area contributed by atoms with Crippen molar-refractivity contribution in [1.29, 1.82) is 0 Å². The third-order valence-corrected chi connectivity index (χ3v) is 4.74. The number of fused-ring (bicyclic) bond motifs is 1. The van der Waals surface area contributed by atoms with E-state index in [0.717, 1.165) is 11.1 Å². The molecule has 0 fully saturated rings. The first-order valence-electron chi connectivity index (χ1n) is 9.04. The molecule has 138 valence electrons. The van der Waals surface area contributed by atoms with Crippen molar-refractivity contribution in [2.24, 2.45) is 0 Å². The summed E-state index contributed by atoms with van der Waals surface area (Å²) in [4.78, 5) is 26.0. The molecule has 0 bridgehead atoms. The van der Waals surface area contributed by atoms with E-state index in [0.29, 0.717) is 27.8 Å². The van der Waals surface area contributed by atoms with Gasteiger partial charge in [-0.15, -0.1) is 0 Å². The molecule has 0 spiro atoms. The smallest absolute Gasteiger partial charge is 0.256 e. The fraction of sp³-hybridized carbons (Fsp3) is 0.0833. The minimum atomic E-state index is -0.275. The van der Waals surface area contributed by atoms with Gasteiger partial charge in [0.15, 0.2) is 5.76 Å². The lowest BCUT2D eigenvalue weighted by molar-refractivity contribution is 0.101. The van der Waals surface area contributed by atoms with Crippen molar-refractivity contribution in [2.75, 3.05) is 5.32 Å². The lowest BCUT2D eigenvalue weighted by Crippen LogP contribution is -2.15. The maximum Gasteiger partial charge on any atom is 0.256 e. The number of anilines is 1. The highest BCUT2D eigenvalue weighted by Crippen LogP contribution is 2.33. The molecule has 0 saturated carbocycles. The van der Waals surface area contributed by atoms with Crippen molar-refractivity contribution in [3.05, 3.63) is 101 Å². The molecule has 0 aliphatic heterocycles. The SMILES string of the molecule is Cc1ccc(C(=O)c2oc3ccccc3c2NC(=O)c2ccccc2C)cc1. The van der Waals surface area contributed by atoms with E-state index in [-0.39, 0.29) is 17.5 Å². The van der Waals surface area contributed by atoms with Crippen LogP contribution < -0.4 is 5.32 Å². The Morgan fingerprint density at radius 2 is 1.50 bits per heavy atom. The number of para-hydroxylation sites is 1. The predicted octanol–water partition coefficient (Wildman–Crippen LogP) is 5.53. The molecule has 1 N–H and O–H groups in total. The van der Waals surface area contributed by atoms with E-state index in [1.165, 1.54) is 0 Å². The van der Waals surface area contributed by atoms with E-state index in [9.17, 15) is 9.59 Å². The van der Waals surface area contributed by atoms with Gasteiger partial charge in [-0.05, 0) is 37.6 Å². The molecule has 0 aliphatic rings. The summed E-state index contributed by atoms with van der Waals surface area (Å²) in [5, 5.41) is 3.59. The first-order valence-corrected chi connectivity index (χ1v) is 9.04. The number of amides is 1. The molecule has 0 radical (unpaired) electrons. The first-order chi connectivity index (χ1) is 13.5. The molecular formula is C24H19NO3. The van der Waals surface area contributed by atoms with E-state index in [4.69, 9.17) is 4.42 Å². The second-order valence-corrected chi connectivity index (χ2v) is 6.77. The van der Waals surface area contributed by atoms with Crippen LogP contribution in [0.5, 0.6) is 0 Å². The maximum atomic E-state index is 13.1. The molecule has 0 aliphatic carbocycles. The third kappa shape index (κ3) is 3.21. The van der Waals surface area contributed by atoms with Crippen LogP contribution in [0.1, 0.15) is 37.6 Å². The van der Waals surface area contributed by atoms with Crippen molar-refractivity contribution < 1.29 is 14.0 Å². The quantitative estimate of drug-likeness (QED) is 0.481. The fourth-order valence-electron chi connectivity index (χ4n) is 3.17. The van der Waals surface area contributed by atoms with Crippen LogP contribution >= 0.6 is 0 Å². The van der Waals surface area contributed by atoms with Crippen LogP contribution in [0.2, 0.25) is 0 Å². The summed E-state index contributed by atoms with van der Waals surface area (Å²) in [6.45, 7) is 3.84. The molecule has 4 rings (SSSR count). The van der Waals surface area contributed by atoms with Gasteiger partial charge in [0.1, 0.15) is 5.58 Å². The van der Waals surface area contributed by atoms with E-state index >= 15 is 0 Å². The second-order valence-electron chi connectivity index (χ2n) is 6.77. The lowest BCUT2D eigenvalue weighted by Gasteiger charge is -2.08. The monoisotopic (exact) mass is 369 g/mol. The van der Waals surface area contributed by atoms with Crippen LogP contribution in [0, 0.1) is 13.8 Å². The Morgan fingerprint density at radius 3 is 2.25 bits per heavy atom. The van der Waals surface area contributed by atoms with Crippen molar-refractivity contribution >= 4 is 28.3 Å². The zero-order valence-corrected chi connectivity index (χ0v) is 15.7.